The van der Waals surface area contributed by atoms with Crippen LogP contribution in [0.2, 0.25) is 0 Å². The third-order valence-electron chi connectivity index (χ3n) is 3.90. The highest BCUT2D eigenvalue weighted by Crippen LogP contribution is 2.09. The van der Waals surface area contributed by atoms with Crippen LogP contribution in [0.15, 0.2) is 30.3 Å². The lowest BCUT2D eigenvalue weighted by Crippen LogP contribution is -2.45. The van der Waals surface area contributed by atoms with Gasteiger partial charge < -0.3 is 11.1 Å². The zero-order chi connectivity index (χ0) is 17.8. The van der Waals surface area contributed by atoms with Crippen LogP contribution in [0.5, 0.6) is 0 Å². The second-order valence-electron chi connectivity index (χ2n) is 5.64. The lowest BCUT2D eigenvalue weighted by atomic mass is 10.0. The van der Waals surface area contributed by atoms with Gasteiger partial charge in [-0.1, -0.05) is 44.2 Å². The van der Waals surface area contributed by atoms with E-state index in [9.17, 15) is 9.59 Å². The Balaban J connectivity index is 2.46. The van der Waals surface area contributed by atoms with Crippen LogP contribution in [-0.4, -0.2) is 53.9 Å². The topological polar surface area (TPSA) is 75.4 Å². The average molecular weight is 352 g/mol. The van der Waals surface area contributed by atoms with Gasteiger partial charge in [0.05, 0.1) is 5.75 Å². The summed E-state index contributed by atoms with van der Waals surface area (Å²) in [5.41, 5.74) is 6.36. The molecule has 1 unspecified atom stereocenters. The fourth-order valence-corrected chi connectivity index (χ4v) is 3.29. The predicted molar refractivity (Wildman–Crippen MR) is 101 cm³/mol. The molecule has 3 N–H and O–H groups in total. The second-order valence-corrected chi connectivity index (χ2v) is 6.74. The molecule has 6 heteroatoms. The minimum absolute atomic E-state index is 0.0252. The number of rotatable bonds is 12. The van der Waals surface area contributed by atoms with Crippen molar-refractivity contribution in [1.82, 2.24) is 10.2 Å². The van der Waals surface area contributed by atoms with E-state index >= 15 is 0 Å². The van der Waals surface area contributed by atoms with Crippen molar-refractivity contribution in [2.75, 3.05) is 31.1 Å². The molecule has 0 saturated carbocycles. The highest BCUT2D eigenvalue weighted by atomic mass is 32.2. The first-order chi connectivity index (χ1) is 11.6. The largest absolute Gasteiger partial charge is 0.369 e. The first-order valence-corrected chi connectivity index (χ1v) is 9.63. The van der Waals surface area contributed by atoms with Crippen molar-refractivity contribution in [3.63, 3.8) is 0 Å². The lowest BCUT2D eigenvalue weighted by molar-refractivity contribution is -0.121. The van der Waals surface area contributed by atoms with E-state index in [1.165, 1.54) is 17.3 Å². The number of nitrogens with zero attached hydrogens (tertiary/aromatic N) is 1. The van der Waals surface area contributed by atoms with Crippen molar-refractivity contribution in [2.24, 2.45) is 5.73 Å². The summed E-state index contributed by atoms with van der Waals surface area (Å²) in [6, 6.07) is 10.6. The number of nitrogens with two attached hydrogens (primary N) is 1. The van der Waals surface area contributed by atoms with Gasteiger partial charge >= 0.3 is 0 Å². The van der Waals surface area contributed by atoms with Crippen LogP contribution in [-0.2, 0) is 16.0 Å². The summed E-state index contributed by atoms with van der Waals surface area (Å²) in [5, 5.41) is 3.03. The summed E-state index contributed by atoms with van der Waals surface area (Å²) < 4.78 is 0. The molecule has 0 aliphatic carbocycles. The molecule has 2 amide bonds. The molecule has 0 fully saturated rings. The number of likely N-dealkylation sites (N-methyl/N-ethyl adjacent to an activating group) is 1. The van der Waals surface area contributed by atoms with Gasteiger partial charge in [0.25, 0.3) is 0 Å². The number of nitrogens with one attached hydrogen (secondary N) is 1. The van der Waals surface area contributed by atoms with Gasteiger partial charge in [-0.25, -0.2) is 0 Å². The van der Waals surface area contributed by atoms with E-state index in [0.717, 1.165) is 19.5 Å². The maximum absolute atomic E-state index is 12.0. The van der Waals surface area contributed by atoms with E-state index in [2.05, 4.69) is 36.2 Å². The summed E-state index contributed by atoms with van der Waals surface area (Å²) in [6.07, 6.45) is 1.33. The minimum Gasteiger partial charge on any atom is -0.369 e. The molecule has 1 aromatic rings. The molecule has 134 valence electrons. The Morgan fingerprint density at radius 1 is 1.21 bits per heavy atom. The SMILES string of the molecule is CCN(CC)C(CNC(=O)CCSCC(N)=O)Cc1ccccc1. The monoisotopic (exact) mass is 351 g/mol. The quantitative estimate of drug-likeness (QED) is 0.562. The van der Waals surface area contributed by atoms with Crippen LogP contribution in [0.1, 0.15) is 25.8 Å². The van der Waals surface area contributed by atoms with E-state index in [0.29, 0.717) is 18.7 Å². The average Bonchev–Trinajstić information content (AvgIpc) is 2.58. The van der Waals surface area contributed by atoms with E-state index in [1.54, 1.807) is 0 Å². The van der Waals surface area contributed by atoms with Crippen LogP contribution in [0.25, 0.3) is 0 Å². The molecule has 0 heterocycles. The van der Waals surface area contributed by atoms with Crippen molar-refractivity contribution >= 4 is 23.6 Å². The molecular weight excluding hydrogens is 322 g/mol. The number of amides is 2. The molecule has 1 aromatic carbocycles. The number of thioether (sulfide) groups is 1. The first-order valence-electron chi connectivity index (χ1n) is 8.47. The summed E-state index contributed by atoms with van der Waals surface area (Å²) in [5.74, 6) is 0.564. The first kappa shape index (κ1) is 20.5. The normalized spacial score (nSPS) is 12.1. The van der Waals surface area contributed by atoms with Crippen molar-refractivity contribution in [2.45, 2.75) is 32.7 Å². The molecule has 24 heavy (non-hydrogen) atoms. The standard InChI is InChI=1S/C18H29N3O2S/c1-3-21(4-2)16(12-15-8-6-5-7-9-15)13-20-18(23)10-11-24-14-17(19)22/h5-9,16H,3-4,10-14H2,1-2H3,(H2,19,22)(H,20,23). The number of benzene rings is 1. The molecule has 0 spiro atoms. The smallest absolute Gasteiger partial charge is 0.227 e. The van der Waals surface area contributed by atoms with E-state index in [-0.39, 0.29) is 23.6 Å². The number of hydrogen-bond acceptors (Lipinski definition) is 4. The van der Waals surface area contributed by atoms with Gasteiger partial charge in [0.1, 0.15) is 0 Å². The van der Waals surface area contributed by atoms with Gasteiger partial charge in [-0.15, -0.1) is 0 Å². The van der Waals surface area contributed by atoms with Crippen LogP contribution in [0.4, 0.5) is 0 Å². The molecule has 0 bridgehead atoms. The Hall–Kier alpha value is -1.53. The fraction of sp³-hybridized carbons (Fsp3) is 0.556. The van der Waals surface area contributed by atoms with Crippen molar-refractivity contribution in [3.05, 3.63) is 35.9 Å². The molecule has 0 aromatic heterocycles. The van der Waals surface area contributed by atoms with Gasteiger partial charge in [-0.05, 0) is 25.1 Å². The Labute approximate surface area is 149 Å². The summed E-state index contributed by atoms with van der Waals surface area (Å²) in [4.78, 5) is 25.0. The zero-order valence-corrected chi connectivity index (χ0v) is 15.5. The van der Waals surface area contributed by atoms with Crippen molar-refractivity contribution in [3.8, 4) is 0 Å². The number of primary amides is 1. The van der Waals surface area contributed by atoms with Crippen molar-refractivity contribution < 1.29 is 9.59 Å². The van der Waals surface area contributed by atoms with E-state index in [1.807, 2.05) is 18.2 Å². The number of hydrogen-bond donors (Lipinski definition) is 2. The molecule has 1 atom stereocenters. The lowest BCUT2D eigenvalue weighted by Gasteiger charge is -2.30. The molecule has 0 radical (unpaired) electrons. The van der Waals surface area contributed by atoms with Crippen LogP contribution < -0.4 is 11.1 Å². The van der Waals surface area contributed by atoms with E-state index < -0.39 is 0 Å². The minimum atomic E-state index is -0.343. The van der Waals surface area contributed by atoms with Crippen LogP contribution in [0.3, 0.4) is 0 Å². The molecular formula is C18H29N3O2S. The van der Waals surface area contributed by atoms with Crippen molar-refractivity contribution in [1.29, 1.82) is 0 Å². The molecule has 0 aliphatic heterocycles. The van der Waals surface area contributed by atoms with E-state index in [4.69, 9.17) is 5.73 Å². The summed E-state index contributed by atoms with van der Waals surface area (Å²) in [7, 11) is 0. The Morgan fingerprint density at radius 2 is 1.88 bits per heavy atom. The Kier molecular flexibility index (Phi) is 10.2. The summed E-state index contributed by atoms with van der Waals surface area (Å²) in [6.45, 7) is 6.83. The summed E-state index contributed by atoms with van der Waals surface area (Å²) >= 11 is 1.40. The molecule has 5 nitrogen and oxygen atoms in total. The van der Waals surface area contributed by atoms with Gasteiger partial charge in [0.15, 0.2) is 0 Å². The Morgan fingerprint density at radius 3 is 2.46 bits per heavy atom. The number of carbonyl (C=O) groups is 2. The number of carbonyl (C=O) groups excluding carboxylic acids is 2. The van der Waals surface area contributed by atoms with Gasteiger partial charge in [-0.3, -0.25) is 14.5 Å². The predicted octanol–water partition coefficient (Wildman–Crippen LogP) is 1.66. The van der Waals surface area contributed by atoms with Crippen LogP contribution in [0, 0.1) is 0 Å². The van der Waals surface area contributed by atoms with Gasteiger partial charge in [-0.2, -0.15) is 11.8 Å². The Bertz CT molecular complexity index is 492. The third kappa shape index (κ3) is 8.36. The third-order valence-corrected chi connectivity index (χ3v) is 4.88. The second kappa shape index (κ2) is 11.9. The highest BCUT2D eigenvalue weighted by Gasteiger charge is 2.17. The highest BCUT2D eigenvalue weighted by molar-refractivity contribution is 7.99. The molecule has 1 rings (SSSR count). The van der Waals surface area contributed by atoms with Crippen LogP contribution >= 0.6 is 11.8 Å². The maximum Gasteiger partial charge on any atom is 0.227 e. The van der Waals surface area contributed by atoms with Gasteiger partial charge in [0, 0.05) is 24.8 Å². The maximum atomic E-state index is 12.0. The molecule has 0 aliphatic rings. The molecule has 0 saturated heterocycles. The fourth-order valence-electron chi connectivity index (χ4n) is 2.61. The van der Waals surface area contributed by atoms with Gasteiger partial charge in [0.2, 0.25) is 11.8 Å². The zero-order valence-electron chi connectivity index (χ0n) is 14.7.